The lowest BCUT2D eigenvalue weighted by molar-refractivity contribution is -0.164. The summed E-state index contributed by atoms with van der Waals surface area (Å²) in [5.41, 5.74) is 0. The second-order valence-corrected chi connectivity index (χ2v) is 4.77. The van der Waals surface area contributed by atoms with E-state index in [1.165, 1.54) is 6.92 Å². The van der Waals surface area contributed by atoms with Gasteiger partial charge in [0, 0.05) is 6.92 Å². The minimum absolute atomic E-state index is 0.0714. The zero-order valence-corrected chi connectivity index (χ0v) is 11.0. The van der Waals surface area contributed by atoms with Crippen LogP contribution < -0.4 is 5.32 Å². The summed E-state index contributed by atoms with van der Waals surface area (Å²) in [6.07, 6.45) is -0.729. The van der Waals surface area contributed by atoms with Crippen LogP contribution >= 0.6 is 0 Å². The minimum atomic E-state index is -0.428. The third-order valence-electron chi connectivity index (χ3n) is 3.61. The summed E-state index contributed by atoms with van der Waals surface area (Å²) in [7, 11) is 0. The molecule has 1 saturated heterocycles. The van der Waals surface area contributed by atoms with Crippen LogP contribution in [0.3, 0.4) is 0 Å². The Kier molecular flexibility index (Phi) is 5.55. The molecule has 6 nitrogen and oxygen atoms in total. The molecular formula is C12H21NO5. The van der Waals surface area contributed by atoms with Crippen molar-refractivity contribution in [2.75, 3.05) is 13.2 Å². The van der Waals surface area contributed by atoms with E-state index in [0.29, 0.717) is 6.47 Å². The van der Waals surface area contributed by atoms with Crippen LogP contribution in [-0.4, -0.2) is 48.9 Å². The van der Waals surface area contributed by atoms with Crippen LogP contribution in [0.25, 0.3) is 0 Å². The van der Waals surface area contributed by atoms with E-state index < -0.39 is 6.10 Å². The number of aliphatic hydroxyl groups excluding tert-OH is 1. The molecule has 1 aliphatic heterocycles. The molecule has 1 aliphatic rings. The van der Waals surface area contributed by atoms with E-state index >= 15 is 0 Å². The molecule has 5 atom stereocenters. The van der Waals surface area contributed by atoms with Crippen molar-refractivity contribution < 1.29 is 24.2 Å². The van der Waals surface area contributed by atoms with Crippen molar-refractivity contribution in [1.29, 1.82) is 0 Å². The van der Waals surface area contributed by atoms with E-state index in [0.717, 1.165) is 0 Å². The van der Waals surface area contributed by atoms with Gasteiger partial charge in [-0.15, -0.1) is 0 Å². The molecule has 0 aromatic rings. The largest absolute Gasteiger partial charge is 0.465 e. The molecule has 2 N–H and O–H groups in total. The van der Waals surface area contributed by atoms with Crippen molar-refractivity contribution in [3.05, 3.63) is 0 Å². The second kappa shape index (κ2) is 6.70. The topological polar surface area (TPSA) is 84.9 Å². The van der Waals surface area contributed by atoms with Gasteiger partial charge in [0.15, 0.2) is 0 Å². The number of hydrogen-bond acceptors (Lipinski definition) is 5. The first-order valence-electron chi connectivity index (χ1n) is 6.10. The van der Waals surface area contributed by atoms with Gasteiger partial charge in [-0.05, 0) is 11.8 Å². The molecule has 18 heavy (non-hydrogen) atoms. The molecule has 0 aromatic carbocycles. The molecule has 0 radical (unpaired) electrons. The molecule has 1 amide bonds. The maximum absolute atomic E-state index is 11.2. The predicted molar refractivity (Wildman–Crippen MR) is 63.7 cm³/mol. The standard InChI is InChI=1S/C12H21NO5/c1-7-8(2)12(13-9(3)16)11(5-17-6-15)18-10(7)4-14/h6-8,10-12,14H,4-5H2,1-3H3,(H,13,16)/t7?,8-,10+,11-,12?/m0/s1. The van der Waals surface area contributed by atoms with Gasteiger partial charge in [0.25, 0.3) is 6.47 Å². The zero-order chi connectivity index (χ0) is 13.7. The van der Waals surface area contributed by atoms with Crippen molar-refractivity contribution in [2.24, 2.45) is 11.8 Å². The first-order chi connectivity index (χ1) is 8.51. The Bertz CT molecular complexity index is 296. The third kappa shape index (κ3) is 3.43. The van der Waals surface area contributed by atoms with E-state index in [9.17, 15) is 14.7 Å². The Labute approximate surface area is 107 Å². The lowest BCUT2D eigenvalue weighted by atomic mass is 9.80. The van der Waals surface area contributed by atoms with Crippen molar-refractivity contribution in [1.82, 2.24) is 5.32 Å². The number of amides is 1. The number of carbonyl (C=O) groups is 2. The van der Waals surface area contributed by atoms with Crippen LogP contribution in [0.4, 0.5) is 0 Å². The van der Waals surface area contributed by atoms with Gasteiger partial charge in [-0.25, -0.2) is 0 Å². The highest BCUT2D eigenvalue weighted by Gasteiger charge is 2.41. The van der Waals surface area contributed by atoms with Gasteiger partial charge in [0.05, 0.1) is 18.8 Å². The monoisotopic (exact) mass is 259 g/mol. The van der Waals surface area contributed by atoms with E-state index in [1.54, 1.807) is 0 Å². The molecule has 1 rings (SSSR count). The molecule has 0 bridgehead atoms. The van der Waals surface area contributed by atoms with Gasteiger partial charge in [-0.2, -0.15) is 0 Å². The second-order valence-electron chi connectivity index (χ2n) is 4.77. The number of carbonyl (C=O) groups excluding carboxylic acids is 2. The van der Waals surface area contributed by atoms with Crippen molar-refractivity contribution >= 4 is 12.4 Å². The Balaban J connectivity index is 2.79. The van der Waals surface area contributed by atoms with Gasteiger partial charge in [-0.3, -0.25) is 9.59 Å². The van der Waals surface area contributed by atoms with E-state index in [-0.39, 0.29) is 43.1 Å². The van der Waals surface area contributed by atoms with E-state index in [1.807, 2.05) is 13.8 Å². The van der Waals surface area contributed by atoms with Crippen LogP contribution in [0.5, 0.6) is 0 Å². The van der Waals surface area contributed by atoms with Crippen LogP contribution in [-0.2, 0) is 19.1 Å². The van der Waals surface area contributed by atoms with Crippen LogP contribution in [0.2, 0.25) is 0 Å². The molecule has 0 spiro atoms. The van der Waals surface area contributed by atoms with Crippen LogP contribution in [0, 0.1) is 11.8 Å². The third-order valence-corrected chi connectivity index (χ3v) is 3.61. The molecule has 104 valence electrons. The molecule has 2 unspecified atom stereocenters. The lowest BCUT2D eigenvalue weighted by Crippen LogP contribution is -2.58. The summed E-state index contributed by atoms with van der Waals surface area (Å²) in [4.78, 5) is 21.5. The normalized spacial score (nSPS) is 35.9. The summed E-state index contributed by atoms with van der Waals surface area (Å²) in [6, 6.07) is -0.222. The highest BCUT2D eigenvalue weighted by atomic mass is 16.6. The Morgan fingerprint density at radius 2 is 2.06 bits per heavy atom. The number of aliphatic hydroxyl groups is 1. The van der Waals surface area contributed by atoms with Crippen molar-refractivity contribution in [3.63, 3.8) is 0 Å². The first-order valence-corrected chi connectivity index (χ1v) is 6.10. The number of rotatable bonds is 5. The molecule has 0 aliphatic carbocycles. The van der Waals surface area contributed by atoms with Gasteiger partial charge in [0.1, 0.15) is 12.7 Å². The number of nitrogens with one attached hydrogen (secondary N) is 1. The first kappa shape index (κ1) is 14.9. The van der Waals surface area contributed by atoms with Crippen LogP contribution in [0.15, 0.2) is 0 Å². The highest BCUT2D eigenvalue weighted by molar-refractivity contribution is 5.73. The fourth-order valence-corrected chi connectivity index (χ4v) is 2.38. The summed E-state index contributed by atoms with van der Waals surface area (Å²) < 4.78 is 10.4. The Morgan fingerprint density at radius 3 is 2.56 bits per heavy atom. The Hall–Kier alpha value is -1.14. The zero-order valence-electron chi connectivity index (χ0n) is 11.0. The van der Waals surface area contributed by atoms with Crippen LogP contribution in [0.1, 0.15) is 20.8 Å². The van der Waals surface area contributed by atoms with Crippen molar-refractivity contribution in [3.8, 4) is 0 Å². The lowest BCUT2D eigenvalue weighted by Gasteiger charge is -2.44. The maximum Gasteiger partial charge on any atom is 0.293 e. The molecule has 1 heterocycles. The summed E-state index contributed by atoms with van der Waals surface area (Å²) in [5.74, 6) is 0.0839. The molecular weight excluding hydrogens is 238 g/mol. The van der Waals surface area contributed by atoms with E-state index in [2.05, 4.69) is 5.32 Å². The van der Waals surface area contributed by atoms with Crippen molar-refractivity contribution in [2.45, 2.75) is 39.0 Å². The van der Waals surface area contributed by atoms with Gasteiger partial charge in [-0.1, -0.05) is 13.8 Å². The van der Waals surface area contributed by atoms with Gasteiger partial charge < -0.3 is 19.9 Å². The average Bonchev–Trinajstić information content (AvgIpc) is 2.33. The van der Waals surface area contributed by atoms with E-state index in [4.69, 9.17) is 9.47 Å². The molecule has 0 aromatic heterocycles. The highest BCUT2D eigenvalue weighted by Crippen LogP contribution is 2.30. The summed E-state index contributed by atoms with van der Waals surface area (Å²) in [5, 5.41) is 12.1. The Morgan fingerprint density at radius 1 is 1.39 bits per heavy atom. The molecule has 1 fully saturated rings. The number of ether oxygens (including phenoxy) is 2. The molecule has 6 heteroatoms. The fraction of sp³-hybridized carbons (Fsp3) is 0.833. The number of hydrogen-bond donors (Lipinski definition) is 2. The summed E-state index contributed by atoms with van der Waals surface area (Å²) >= 11 is 0. The minimum Gasteiger partial charge on any atom is -0.465 e. The smallest absolute Gasteiger partial charge is 0.293 e. The predicted octanol–water partition coefficient (Wildman–Crippen LogP) is -0.304. The quantitative estimate of drug-likeness (QED) is 0.662. The SMILES string of the molecule is CC(=O)NC1[C@@H](C)C(C)[C@@H](CO)O[C@H]1COC=O. The maximum atomic E-state index is 11.2. The summed E-state index contributed by atoms with van der Waals surface area (Å²) in [6.45, 7) is 5.73. The average molecular weight is 259 g/mol. The van der Waals surface area contributed by atoms with Gasteiger partial charge >= 0.3 is 0 Å². The fourth-order valence-electron chi connectivity index (χ4n) is 2.38. The van der Waals surface area contributed by atoms with Gasteiger partial charge in [0.2, 0.25) is 5.91 Å². The molecule has 0 saturated carbocycles.